The Kier molecular flexibility index (Phi) is 5.20. The number of hydrogen-bond donors (Lipinski definition) is 1. The van der Waals surface area contributed by atoms with E-state index in [1.54, 1.807) is 0 Å². The maximum Gasteiger partial charge on any atom is 0.325 e. The van der Waals surface area contributed by atoms with Gasteiger partial charge in [0.2, 0.25) is 0 Å². The number of carboxylic acids is 1. The van der Waals surface area contributed by atoms with Crippen molar-refractivity contribution in [2.45, 2.75) is 39.0 Å². The van der Waals surface area contributed by atoms with Crippen molar-refractivity contribution in [3.63, 3.8) is 0 Å². The fraction of sp³-hybridized carbons (Fsp3) is 0.562. The van der Waals surface area contributed by atoms with Crippen LogP contribution in [0.4, 0.5) is 0 Å². The minimum atomic E-state index is -0.833. The van der Waals surface area contributed by atoms with Crippen LogP contribution >= 0.6 is 0 Å². The van der Waals surface area contributed by atoms with Crippen molar-refractivity contribution < 1.29 is 19.4 Å². The van der Waals surface area contributed by atoms with Gasteiger partial charge < -0.3 is 14.6 Å². The highest BCUT2D eigenvalue weighted by Gasteiger charge is 2.33. The second kappa shape index (κ2) is 6.91. The molecule has 0 bridgehead atoms. The average Bonchev–Trinajstić information content (AvgIpc) is 2.40. The topological polar surface area (TPSA) is 59.0 Å². The molecule has 1 saturated heterocycles. The van der Waals surface area contributed by atoms with Crippen molar-refractivity contribution in [3.8, 4) is 5.75 Å². The maximum atomic E-state index is 11.7. The van der Waals surface area contributed by atoms with E-state index < -0.39 is 12.0 Å². The molecule has 2 rings (SSSR count). The Bertz CT molecular complexity index is 464. The number of carboxylic acid groups (broad SMARTS) is 1. The molecule has 1 aliphatic heterocycles. The number of hydrogen-bond acceptors (Lipinski definition) is 4. The predicted molar refractivity (Wildman–Crippen MR) is 79.6 cm³/mol. The minimum absolute atomic E-state index is 0.0401. The van der Waals surface area contributed by atoms with Gasteiger partial charge in [-0.25, -0.2) is 0 Å². The lowest BCUT2D eigenvalue weighted by Gasteiger charge is -2.38. The predicted octanol–water partition coefficient (Wildman–Crippen LogP) is 2.32. The highest BCUT2D eigenvalue weighted by Crippen LogP contribution is 2.26. The summed E-state index contributed by atoms with van der Waals surface area (Å²) in [5.41, 5.74) is 0.771. The van der Waals surface area contributed by atoms with Gasteiger partial charge in [0.25, 0.3) is 0 Å². The second-order valence-electron chi connectivity index (χ2n) is 5.45. The van der Waals surface area contributed by atoms with E-state index in [0.717, 1.165) is 11.3 Å². The van der Waals surface area contributed by atoms with E-state index in [1.807, 2.05) is 49.9 Å². The van der Waals surface area contributed by atoms with E-state index in [0.29, 0.717) is 19.7 Å². The molecule has 1 N–H and O–H groups in total. The van der Waals surface area contributed by atoms with Crippen LogP contribution in [0.5, 0.6) is 5.75 Å². The normalized spacial score (nSPS) is 24.5. The number of benzene rings is 1. The summed E-state index contributed by atoms with van der Waals surface area (Å²) in [5, 5.41) is 9.61. The Balaban J connectivity index is 2.20. The highest BCUT2D eigenvalue weighted by atomic mass is 16.5. The molecule has 1 aromatic carbocycles. The van der Waals surface area contributed by atoms with E-state index in [4.69, 9.17) is 9.47 Å². The highest BCUT2D eigenvalue weighted by molar-refractivity contribution is 5.75. The lowest BCUT2D eigenvalue weighted by Crippen LogP contribution is -2.48. The fourth-order valence-corrected chi connectivity index (χ4v) is 2.85. The van der Waals surface area contributed by atoms with E-state index >= 15 is 0 Å². The summed E-state index contributed by atoms with van der Waals surface area (Å²) in [6.45, 7) is 7.70. The van der Waals surface area contributed by atoms with Crippen molar-refractivity contribution >= 4 is 5.97 Å². The molecule has 21 heavy (non-hydrogen) atoms. The number of morpholine rings is 1. The number of ether oxygens (including phenoxy) is 2. The molecule has 1 heterocycles. The average molecular weight is 293 g/mol. The molecule has 0 aliphatic carbocycles. The molecule has 0 amide bonds. The standard InChI is InChI=1S/C16H23NO4/c1-4-20-14-7-5-13(6-8-14)15(16(18)19)17-9-11(2)21-12(3)10-17/h5-8,11-12,15H,4,9-10H2,1-3H3,(H,18,19). The summed E-state index contributed by atoms with van der Waals surface area (Å²) >= 11 is 0. The van der Waals surface area contributed by atoms with Crippen LogP contribution in [0.15, 0.2) is 24.3 Å². The lowest BCUT2D eigenvalue weighted by molar-refractivity contribution is -0.149. The van der Waals surface area contributed by atoms with E-state index in [2.05, 4.69) is 0 Å². The van der Waals surface area contributed by atoms with Crippen LogP contribution in [-0.2, 0) is 9.53 Å². The van der Waals surface area contributed by atoms with Crippen molar-refractivity contribution in [1.82, 2.24) is 4.90 Å². The van der Waals surface area contributed by atoms with Gasteiger partial charge in [-0.2, -0.15) is 0 Å². The van der Waals surface area contributed by atoms with Crippen LogP contribution in [0.2, 0.25) is 0 Å². The molecule has 5 heteroatoms. The number of nitrogens with zero attached hydrogens (tertiary/aromatic N) is 1. The van der Waals surface area contributed by atoms with E-state index in [-0.39, 0.29) is 12.2 Å². The quantitative estimate of drug-likeness (QED) is 0.903. The summed E-state index contributed by atoms with van der Waals surface area (Å²) in [4.78, 5) is 13.7. The zero-order valence-corrected chi connectivity index (χ0v) is 12.8. The molecule has 1 aliphatic rings. The molecule has 116 valence electrons. The Hall–Kier alpha value is -1.59. The van der Waals surface area contributed by atoms with Gasteiger partial charge in [0, 0.05) is 13.1 Å². The summed E-state index contributed by atoms with van der Waals surface area (Å²) in [5.74, 6) is -0.0745. The van der Waals surface area contributed by atoms with Gasteiger partial charge in [-0.3, -0.25) is 9.69 Å². The van der Waals surface area contributed by atoms with Gasteiger partial charge >= 0.3 is 5.97 Å². The van der Waals surface area contributed by atoms with Gasteiger partial charge in [0.1, 0.15) is 11.8 Å². The minimum Gasteiger partial charge on any atom is -0.494 e. The lowest BCUT2D eigenvalue weighted by atomic mass is 10.0. The molecule has 1 fully saturated rings. The van der Waals surface area contributed by atoms with Gasteiger partial charge in [0.05, 0.1) is 18.8 Å². The first-order valence-corrected chi connectivity index (χ1v) is 7.36. The van der Waals surface area contributed by atoms with Crippen LogP contribution in [-0.4, -0.2) is 47.9 Å². The zero-order chi connectivity index (χ0) is 15.4. The van der Waals surface area contributed by atoms with E-state index in [9.17, 15) is 9.90 Å². The van der Waals surface area contributed by atoms with Crippen LogP contribution < -0.4 is 4.74 Å². The molecular formula is C16H23NO4. The molecule has 3 unspecified atom stereocenters. The third-order valence-electron chi connectivity index (χ3n) is 3.55. The summed E-state index contributed by atoms with van der Waals surface area (Å²) in [6.07, 6.45) is 0.0802. The Morgan fingerprint density at radius 3 is 2.38 bits per heavy atom. The van der Waals surface area contributed by atoms with Crippen molar-refractivity contribution in [2.75, 3.05) is 19.7 Å². The Labute approximate surface area is 125 Å². The van der Waals surface area contributed by atoms with Gasteiger partial charge in [-0.15, -0.1) is 0 Å². The van der Waals surface area contributed by atoms with Crippen LogP contribution in [0, 0.1) is 0 Å². The fourth-order valence-electron chi connectivity index (χ4n) is 2.85. The molecule has 0 spiro atoms. The maximum absolute atomic E-state index is 11.7. The van der Waals surface area contributed by atoms with Gasteiger partial charge in [0.15, 0.2) is 0 Å². The molecule has 3 atom stereocenters. The second-order valence-corrected chi connectivity index (χ2v) is 5.45. The number of rotatable bonds is 5. The zero-order valence-electron chi connectivity index (χ0n) is 12.8. The summed E-state index contributed by atoms with van der Waals surface area (Å²) < 4.78 is 11.1. The smallest absolute Gasteiger partial charge is 0.325 e. The van der Waals surface area contributed by atoms with Crippen molar-refractivity contribution in [1.29, 1.82) is 0 Å². The molecule has 0 saturated carbocycles. The number of aliphatic carboxylic acids is 1. The Morgan fingerprint density at radius 1 is 1.33 bits per heavy atom. The molecular weight excluding hydrogens is 270 g/mol. The Morgan fingerprint density at radius 2 is 1.90 bits per heavy atom. The molecule has 1 aromatic rings. The molecule has 0 radical (unpaired) electrons. The SMILES string of the molecule is CCOc1ccc(C(C(=O)O)N2CC(C)OC(C)C2)cc1. The third-order valence-corrected chi connectivity index (χ3v) is 3.55. The van der Waals surface area contributed by atoms with Gasteiger partial charge in [-0.1, -0.05) is 12.1 Å². The monoisotopic (exact) mass is 293 g/mol. The summed E-state index contributed by atoms with van der Waals surface area (Å²) in [7, 11) is 0. The largest absolute Gasteiger partial charge is 0.494 e. The first kappa shape index (κ1) is 15.8. The third kappa shape index (κ3) is 3.95. The first-order valence-electron chi connectivity index (χ1n) is 7.36. The number of carbonyl (C=O) groups is 1. The van der Waals surface area contributed by atoms with Crippen LogP contribution in [0.1, 0.15) is 32.4 Å². The van der Waals surface area contributed by atoms with Gasteiger partial charge in [-0.05, 0) is 38.5 Å². The van der Waals surface area contributed by atoms with E-state index in [1.165, 1.54) is 0 Å². The van der Waals surface area contributed by atoms with Crippen LogP contribution in [0.25, 0.3) is 0 Å². The van der Waals surface area contributed by atoms with Crippen molar-refractivity contribution in [2.24, 2.45) is 0 Å². The molecule has 5 nitrogen and oxygen atoms in total. The first-order chi connectivity index (χ1) is 10.0. The van der Waals surface area contributed by atoms with Crippen LogP contribution in [0.3, 0.4) is 0 Å². The summed E-state index contributed by atoms with van der Waals surface area (Å²) in [6, 6.07) is 6.65. The van der Waals surface area contributed by atoms with Crippen molar-refractivity contribution in [3.05, 3.63) is 29.8 Å². The molecule has 0 aromatic heterocycles.